The molecular weight excluding hydrogens is 286 g/mol. The number of esters is 1. The SMILES string of the molecule is COC(=O)c1ccc(C(=O)CNC(=O)OC(C)(C)C)cc1C. The van der Waals surface area contributed by atoms with Crippen molar-refractivity contribution in [3.05, 3.63) is 34.9 Å². The molecule has 0 aliphatic heterocycles. The summed E-state index contributed by atoms with van der Waals surface area (Å²) in [5.74, 6) is -0.728. The topological polar surface area (TPSA) is 81.7 Å². The highest BCUT2D eigenvalue weighted by atomic mass is 16.6. The summed E-state index contributed by atoms with van der Waals surface area (Å²) in [6.45, 7) is 6.76. The van der Waals surface area contributed by atoms with Gasteiger partial charge in [0.15, 0.2) is 5.78 Å². The van der Waals surface area contributed by atoms with Gasteiger partial charge in [0, 0.05) is 5.56 Å². The van der Waals surface area contributed by atoms with Crippen molar-refractivity contribution in [2.75, 3.05) is 13.7 Å². The Morgan fingerprint density at radius 1 is 1.18 bits per heavy atom. The molecule has 0 spiro atoms. The van der Waals surface area contributed by atoms with Crippen molar-refractivity contribution in [1.29, 1.82) is 0 Å². The molecule has 0 saturated carbocycles. The van der Waals surface area contributed by atoms with Crippen molar-refractivity contribution in [3.63, 3.8) is 0 Å². The highest BCUT2D eigenvalue weighted by Crippen LogP contribution is 2.13. The fraction of sp³-hybridized carbons (Fsp3) is 0.438. The molecule has 1 rings (SSSR count). The minimum Gasteiger partial charge on any atom is -0.465 e. The maximum absolute atomic E-state index is 12.0. The molecule has 0 aliphatic rings. The normalized spacial score (nSPS) is 10.8. The lowest BCUT2D eigenvalue weighted by Gasteiger charge is -2.19. The second-order valence-corrected chi connectivity index (χ2v) is 5.80. The third kappa shape index (κ3) is 5.20. The number of alkyl carbamates (subject to hydrolysis) is 1. The van der Waals surface area contributed by atoms with Crippen LogP contribution in [0.3, 0.4) is 0 Å². The van der Waals surface area contributed by atoms with Crippen LogP contribution < -0.4 is 5.32 Å². The molecule has 1 aromatic rings. The summed E-state index contributed by atoms with van der Waals surface area (Å²) in [4.78, 5) is 35.0. The van der Waals surface area contributed by atoms with Gasteiger partial charge in [0.05, 0.1) is 19.2 Å². The van der Waals surface area contributed by atoms with Gasteiger partial charge in [0.25, 0.3) is 0 Å². The summed E-state index contributed by atoms with van der Waals surface area (Å²) in [7, 11) is 1.30. The lowest BCUT2D eigenvalue weighted by molar-refractivity contribution is 0.0519. The molecule has 0 aliphatic carbocycles. The molecule has 22 heavy (non-hydrogen) atoms. The Labute approximate surface area is 129 Å². The lowest BCUT2D eigenvalue weighted by atomic mass is 10.0. The number of hydrogen-bond acceptors (Lipinski definition) is 5. The van der Waals surface area contributed by atoms with Gasteiger partial charge in [0.2, 0.25) is 0 Å². The molecule has 120 valence electrons. The molecule has 0 aromatic heterocycles. The monoisotopic (exact) mass is 307 g/mol. The van der Waals surface area contributed by atoms with E-state index in [-0.39, 0.29) is 12.3 Å². The van der Waals surface area contributed by atoms with Crippen LogP contribution in [0.1, 0.15) is 47.1 Å². The van der Waals surface area contributed by atoms with E-state index in [0.29, 0.717) is 16.7 Å². The molecule has 1 amide bonds. The number of benzene rings is 1. The number of ether oxygens (including phenoxy) is 2. The average molecular weight is 307 g/mol. The van der Waals surface area contributed by atoms with Gasteiger partial charge in [-0.3, -0.25) is 4.79 Å². The van der Waals surface area contributed by atoms with Crippen molar-refractivity contribution >= 4 is 17.8 Å². The summed E-state index contributed by atoms with van der Waals surface area (Å²) >= 11 is 0. The number of methoxy groups -OCH3 is 1. The van der Waals surface area contributed by atoms with Crippen LogP contribution in [0.15, 0.2) is 18.2 Å². The Kier molecular flexibility index (Phi) is 5.68. The molecule has 1 aromatic carbocycles. The number of hydrogen-bond donors (Lipinski definition) is 1. The predicted octanol–water partition coefficient (Wildman–Crippen LogP) is 2.49. The number of Topliss-reactive ketones (excluding diaryl/α,β-unsaturated/α-hetero) is 1. The van der Waals surface area contributed by atoms with Gasteiger partial charge in [-0.2, -0.15) is 0 Å². The molecule has 1 N–H and O–H groups in total. The Bertz CT molecular complexity index is 587. The Hall–Kier alpha value is -2.37. The first-order valence-corrected chi connectivity index (χ1v) is 6.83. The Balaban J connectivity index is 2.69. The molecule has 0 radical (unpaired) electrons. The Morgan fingerprint density at radius 2 is 1.82 bits per heavy atom. The maximum Gasteiger partial charge on any atom is 0.408 e. The molecule has 0 heterocycles. The van der Waals surface area contributed by atoms with Crippen LogP contribution >= 0.6 is 0 Å². The van der Waals surface area contributed by atoms with Gasteiger partial charge in [-0.15, -0.1) is 0 Å². The maximum atomic E-state index is 12.0. The van der Waals surface area contributed by atoms with Crippen molar-refractivity contribution < 1.29 is 23.9 Å². The summed E-state index contributed by atoms with van der Waals surface area (Å²) < 4.78 is 9.69. The third-order valence-electron chi connectivity index (χ3n) is 2.75. The van der Waals surface area contributed by atoms with Crippen molar-refractivity contribution in [2.45, 2.75) is 33.3 Å². The van der Waals surface area contributed by atoms with E-state index in [1.54, 1.807) is 33.8 Å². The van der Waals surface area contributed by atoms with Crippen LogP contribution in [0, 0.1) is 6.92 Å². The second kappa shape index (κ2) is 7.06. The molecule has 0 saturated heterocycles. The fourth-order valence-corrected chi connectivity index (χ4v) is 1.74. The van der Waals surface area contributed by atoms with E-state index in [1.165, 1.54) is 19.2 Å². The average Bonchev–Trinajstić information content (AvgIpc) is 2.42. The van der Waals surface area contributed by atoms with Crippen LogP contribution in [-0.4, -0.2) is 37.1 Å². The molecular formula is C16H21NO5. The largest absolute Gasteiger partial charge is 0.465 e. The zero-order valence-corrected chi connectivity index (χ0v) is 13.5. The summed E-state index contributed by atoms with van der Waals surface area (Å²) in [6, 6.07) is 4.64. The smallest absolute Gasteiger partial charge is 0.408 e. The molecule has 6 nitrogen and oxygen atoms in total. The van der Waals surface area contributed by atoms with Crippen LogP contribution in [0.4, 0.5) is 4.79 Å². The van der Waals surface area contributed by atoms with E-state index in [1.807, 2.05) is 0 Å². The number of carbonyl (C=O) groups is 3. The molecule has 0 atom stereocenters. The molecule has 6 heteroatoms. The first-order valence-electron chi connectivity index (χ1n) is 6.83. The van der Waals surface area contributed by atoms with Gasteiger partial charge in [-0.05, 0) is 45.4 Å². The number of rotatable bonds is 4. The van der Waals surface area contributed by atoms with Crippen LogP contribution in [0.25, 0.3) is 0 Å². The first-order chi connectivity index (χ1) is 10.1. The van der Waals surface area contributed by atoms with Gasteiger partial charge in [0.1, 0.15) is 5.60 Å². The molecule has 0 bridgehead atoms. The lowest BCUT2D eigenvalue weighted by Crippen LogP contribution is -2.35. The van der Waals surface area contributed by atoms with E-state index in [9.17, 15) is 14.4 Å². The number of nitrogens with one attached hydrogen (secondary N) is 1. The van der Waals surface area contributed by atoms with E-state index in [4.69, 9.17) is 4.74 Å². The summed E-state index contributed by atoms with van der Waals surface area (Å²) in [5, 5.41) is 2.40. The van der Waals surface area contributed by atoms with Crippen LogP contribution in [0.5, 0.6) is 0 Å². The number of amides is 1. The third-order valence-corrected chi connectivity index (χ3v) is 2.75. The molecule has 0 unspecified atom stereocenters. The minimum atomic E-state index is -0.649. The van der Waals surface area contributed by atoms with E-state index in [0.717, 1.165) is 0 Å². The first kappa shape index (κ1) is 17.7. The summed E-state index contributed by atoms with van der Waals surface area (Å²) in [5.41, 5.74) is 0.821. The van der Waals surface area contributed by atoms with Gasteiger partial charge < -0.3 is 14.8 Å². The van der Waals surface area contributed by atoms with E-state index < -0.39 is 17.7 Å². The zero-order valence-electron chi connectivity index (χ0n) is 13.5. The molecule has 0 fully saturated rings. The number of aryl methyl sites for hydroxylation is 1. The Morgan fingerprint density at radius 3 is 2.32 bits per heavy atom. The number of carbonyl (C=O) groups excluding carboxylic acids is 3. The van der Waals surface area contributed by atoms with Crippen molar-refractivity contribution in [1.82, 2.24) is 5.32 Å². The highest BCUT2D eigenvalue weighted by Gasteiger charge is 2.17. The van der Waals surface area contributed by atoms with Gasteiger partial charge >= 0.3 is 12.1 Å². The van der Waals surface area contributed by atoms with Crippen molar-refractivity contribution in [3.8, 4) is 0 Å². The minimum absolute atomic E-state index is 0.175. The van der Waals surface area contributed by atoms with Crippen LogP contribution in [0.2, 0.25) is 0 Å². The van der Waals surface area contributed by atoms with E-state index >= 15 is 0 Å². The zero-order chi connectivity index (χ0) is 16.9. The highest BCUT2D eigenvalue weighted by molar-refractivity contribution is 6.00. The summed E-state index contributed by atoms with van der Waals surface area (Å²) in [6.07, 6.45) is -0.649. The quantitative estimate of drug-likeness (QED) is 0.682. The van der Waals surface area contributed by atoms with Gasteiger partial charge in [-0.25, -0.2) is 9.59 Å². The van der Waals surface area contributed by atoms with Crippen LogP contribution in [-0.2, 0) is 9.47 Å². The standard InChI is InChI=1S/C16H21NO5/c1-10-8-11(6-7-12(10)14(19)21-5)13(18)9-17-15(20)22-16(2,3)4/h6-8H,9H2,1-5H3,(H,17,20). The fourth-order valence-electron chi connectivity index (χ4n) is 1.74. The van der Waals surface area contributed by atoms with E-state index in [2.05, 4.69) is 10.1 Å². The predicted molar refractivity (Wildman–Crippen MR) is 81.1 cm³/mol. The number of ketones is 1. The van der Waals surface area contributed by atoms with Crippen molar-refractivity contribution in [2.24, 2.45) is 0 Å². The van der Waals surface area contributed by atoms with Gasteiger partial charge in [-0.1, -0.05) is 6.07 Å². The second-order valence-electron chi connectivity index (χ2n) is 5.80.